The first-order chi connectivity index (χ1) is 12.1. The molecule has 0 amide bonds. The molecule has 130 valence electrons. The Morgan fingerprint density at radius 2 is 2.04 bits per heavy atom. The van der Waals surface area contributed by atoms with Crippen molar-refractivity contribution >= 4 is 50.7 Å². The lowest BCUT2D eigenvalue weighted by atomic mass is 10.1. The number of hydrogen-bond donors (Lipinski definition) is 2. The molecule has 0 aliphatic heterocycles. The molecule has 1 N–H and O–H groups in total. The number of aromatic nitrogens is 2. The molecular formula is C16H17N5O2S2. The molecule has 25 heavy (non-hydrogen) atoms. The van der Waals surface area contributed by atoms with E-state index in [1.165, 1.54) is 11.3 Å². The highest BCUT2D eigenvalue weighted by molar-refractivity contribution is 7.80. The van der Waals surface area contributed by atoms with Gasteiger partial charge in [-0.25, -0.2) is 0 Å². The first-order valence-electron chi connectivity index (χ1n) is 7.49. The van der Waals surface area contributed by atoms with Crippen molar-refractivity contribution in [3.05, 3.63) is 30.3 Å². The Labute approximate surface area is 154 Å². The first-order valence-corrected chi connectivity index (χ1v) is 8.94. The molecule has 1 aromatic heterocycles. The van der Waals surface area contributed by atoms with E-state index in [9.17, 15) is 5.11 Å². The van der Waals surface area contributed by atoms with Crippen LogP contribution in [0.1, 0.15) is 0 Å². The summed E-state index contributed by atoms with van der Waals surface area (Å²) in [6.07, 6.45) is 0. The van der Waals surface area contributed by atoms with E-state index in [0.29, 0.717) is 16.6 Å². The van der Waals surface area contributed by atoms with Gasteiger partial charge in [-0.2, -0.15) is 12.6 Å². The van der Waals surface area contributed by atoms with Crippen molar-refractivity contribution in [2.24, 2.45) is 10.2 Å². The second-order valence-electron chi connectivity index (χ2n) is 5.23. The van der Waals surface area contributed by atoms with Crippen LogP contribution in [0.3, 0.4) is 0 Å². The molecule has 0 radical (unpaired) electrons. The zero-order chi connectivity index (χ0) is 17.8. The number of ether oxygens (including phenoxy) is 1. The number of rotatable bonds is 6. The summed E-state index contributed by atoms with van der Waals surface area (Å²) in [7, 11) is 3.51. The molecule has 0 aliphatic rings. The van der Waals surface area contributed by atoms with Crippen LogP contribution in [0.15, 0.2) is 40.6 Å². The second-order valence-corrected chi connectivity index (χ2v) is 6.61. The number of anilines is 1. The van der Waals surface area contributed by atoms with E-state index in [0.717, 1.165) is 28.2 Å². The number of methoxy groups -OCH3 is 1. The smallest absolute Gasteiger partial charge is 0.253 e. The molecular weight excluding hydrogens is 358 g/mol. The number of phenols is 1. The molecule has 0 saturated heterocycles. The Kier molecular flexibility index (Phi) is 5.34. The van der Waals surface area contributed by atoms with E-state index in [4.69, 9.17) is 4.74 Å². The molecule has 0 atom stereocenters. The Hall–Kier alpha value is -2.39. The van der Waals surface area contributed by atoms with Crippen LogP contribution in [0.25, 0.3) is 10.8 Å². The quantitative estimate of drug-likeness (QED) is 0.499. The lowest BCUT2D eigenvalue weighted by Gasteiger charge is -2.11. The van der Waals surface area contributed by atoms with Crippen molar-refractivity contribution in [2.75, 3.05) is 31.4 Å². The van der Waals surface area contributed by atoms with Gasteiger partial charge in [0.15, 0.2) is 0 Å². The third kappa shape index (κ3) is 3.83. The van der Waals surface area contributed by atoms with Gasteiger partial charge in [0.1, 0.15) is 17.2 Å². The van der Waals surface area contributed by atoms with Crippen molar-refractivity contribution in [3.63, 3.8) is 0 Å². The summed E-state index contributed by atoms with van der Waals surface area (Å²) in [4.78, 5) is 1.95. The standard InChI is InChI=1S/C16H17N5O2S2/c1-21(7-8-24)16-20-19-15(25-16)18-17-14-12-9-11(23-2)5-3-10(12)4-6-13(14)22/h3-6,9,22,24H,7-8H2,1-2H3. The highest BCUT2D eigenvalue weighted by atomic mass is 32.1. The average molecular weight is 375 g/mol. The van der Waals surface area contributed by atoms with Gasteiger partial charge in [0.25, 0.3) is 5.13 Å². The molecule has 3 aromatic rings. The third-order valence-corrected chi connectivity index (χ3v) is 4.70. The topological polar surface area (TPSA) is 83.2 Å². The van der Waals surface area contributed by atoms with Gasteiger partial charge in [-0.15, -0.1) is 20.4 Å². The van der Waals surface area contributed by atoms with E-state index in [1.54, 1.807) is 13.2 Å². The fraction of sp³-hybridized carbons (Fsp3) is 0.250. The van der Waals surface area contributed by atoms with Crippen LogP contribution >= 0.6 is 24.0 Å². The Morgan fingerprint density at radius 3 is 2.80 bits per heavy atom. The highest BCUT2D eigenvalue weighted by Crippen LogP contribution is 2.38. The summed E-state index contributed by atoms with van der Waals surface area (Å²) in [5.41, 5.74) is 0.372. The van der Waals surface area contributed by atoms with Gasteiger partial charge in [-0.1, -0.05) is 23.5 Å². The number of hydrogen-bond acceptors (Lipinski definition) is 9. The normalized spacial score (nSPS) is 11.3. The number of aromatic hydroxyl groups is 1. The average Bonchev–Trinajstić information content (AvgIpc) is 3.09. The van der Waals surface area contributed by atoms with Gasteiger partial charge in [-0.05, 0) is 23.6 Å². The molecule has 0 unspecified atom stereocenters. The minimum atomic E-state index is 0.0430. The van der Waals surface area contributed by atoms with Crippen LogP contribution in [-0.4, -0.2) is 41.8 Å². The molecule has 0 fully saturated rings. The van der Waals surface area contributed by atoms with Gasteiger partial charge in [0.2, 0.25) is 5.13 Å². The van der Waals surface area contributed by atoms with Crippen molar-refractivity contribution in [2.45, 2.75) is 0 Å². The predicted octanol–water partition coefficient (Wildman–Crippen LogP) is 4.19. The zero-order valence-corrected chi connectivity index (χ0v) is 15.5. The fourth-order valence-corrected chi connectivity index (χ4v) is 3.20. The summed E-state index contributed by atoms with van der Waals surface area (Å²) in [5, 5.41) is 29.4. The molecule has 0 aliphatic carbocycles. The molecule has 0 bridgehead atoms. The molecule has 2 aromatic carbocycles. The van der Waals surface area contributed by atoms with Crippen molar-refractivity contribution in [1.82, 2.24) is 10.2 Å². The third-order valence-electron chi connectivity index (χ3n) is 3.58. The van der Waals surface area contributed by atoms with E-state index in [2.05, 4.69) is 33.1 Å². The number of benzene rings is 2. The van der Waals surface area contributed by atoms with Crippen molar-refractivity contribution in [1.29, 1.82) is 0 Å². The van der Waals surface area contributed by atoms with Gasteiger partial charge in [0.05, 0.1) is 7.11 Å². The summed E-state index contributed by atoms with van der Waals surface area (Å²) in [6, 6.07) is 8.99. The van der Waals surface area contributed by atoms with E-state index in [-0.39, 0.29) is 5.75 Å². The maximum absolute atomic E-state index is 10.2. The van der Waals surface area contributed by atoms with Crippen LogP contribution in [0.2, 0.25) is 0 Å². The Bertz CT molecular complexity index is 913. The fourth-order valence-electron chi connectivity index (χ4n) is 2.24. The van der Waals surface area contributed by atoms with Crippen LogP contribution in [0, 0.1) is 0 Å². The van der Waals surface area contributed by atoms with Gasteiger partial charge in [-0.3, -0.25) is 0 Å². The Balaban J connectivity index is 1.94. The van der Waals surface area contributed by atoms with Crippen LogP contribution in [0.5, 0.6) is 11.5 Å². The van der Waals surface area contributed by atoms with Crippen LogP contribution < -0.4 is 9.64 Å². The summed E-state index contributed by atoms with van der Waals surface area (Å²) >= 11 is 5.52. The van der Waals surface area contributed by atoms with Crippen molar-refractivity contribution < 1.29 is 9.84 Å². The van der Waals surface area contributed by atoms with Gasteiger partial charge < -0.3 is 14.7 Å². The van der Waals surface area contributed by atoms with Gasteiger partial charge in [0, 0.05) is 24.7 Å². The molecule has 0 spiro atoms. The van der Waals surface area contributed by atoms with Crippen LogP contribution in [-0.2, 0) is 0 Å². The van der Waals surface area contributed by atoms with E-state index >= 15 is 0 Å². The maximum Gasteiger partial charge on any atom is 0.253 e. The Morgan fingerprint density at radius 1 is 1.24 bits per heavy atom. The van der Waals surface area contributed by atoms with E-state index in [1.807, 2.05) is 36.2 Å². The minimum Gasteiger partial charge on any atom is -0.506 e. The summed E-state index contributed by atoms with van der Waals surface area (Å²) in [5.74, 6) is 1.45. The maximum atomic E-state index is 10.2. The summed E-state index contributed by atoms with van der Waals surface area (Å²) < 4.78 is 5.25. The molecule has 1 heterocycles. The minimum absolute atomic E-state index is 0.0430. The van der Waals surface area contributed by atoms with Crippen molar-refractivity contribution in [3.8, 4) is 11.5 Å². The highest BCUT2D eigenvalue weighted by Gasteiger charge is 2.10. The van der Waals surface area contributed by atoms with Gasteiger partial charge >= 0.3 is 0 Å². The molecule has 9 heteroatoms. The predicted molar refractivity (Wildman–Crippen MR) is 103 cm³/mol. The largest absolute Gasteiger partial charge is 0.506 e. The SMILES string of the molecule is COc1ccc2ccc(O)c(N=Nc3nnc(N(C)CCS)s3)c2c1. The number of fused-ring (bicyclic) bond motifs is 1. The molecule has 3 rings (SSSR count). The summed E-state index contributed by atoms with van der Waals surface area (Å²) in [6.45, 7) is 0.763. The van der Waals surface area contributed by atoms with E-state index < -0.39 is 0 Å². The molecule has 7 nitrogen and oxygen atoms in total. The number of thiol groups is 1. The lowest BCUT2D eigenvalue weighted by molar-refractivity contribution is 0.415. The zero-order valence-electron chi connectivity index (χ0n) is 13.7. The number of nitrogens with zero attached hydrogens (tertiary/aromatic N) is 5. The number of azo groups is 1. The monoisotopic (exact) mass is 375 g/mol. The molecule has 0 saturated carbocycles. The lowest BCUT2D eigenvalue weighted by Crippen LogP contribution is -2.19. The first kappa shape index (κ1) is 17.4. The van der Waals surface area contributed by atoms with Crippen LogP contribution in [0.4, 0.5) is 16.0 Å². The second kappa shape index (κ2) is 7.66. The number of phenolic OH excluding ortho intramolecular Hbond substituents is 1.